The van der Waals surface area contributed by atoms with Crippen LogP contribution < -0.4 is 26.2 Å². The summed E-state index contributed by atoms with van der Waals surface area (Å²) in [7, 11) is 0. The molecule has 190 valence electrons. The zero-order valence-electron chi connectivity index (χ0n) is 22.3. The quantitative estimate of drug-likeness (QED) is 0.229. The molecule has 6 aromatic rings. The predicted octanol–water partition coefficient (Wildman–Crippen LogP) is 7.31. The number of hydrogen-bond donors (Lipinski definition) is 0. The minimum Gasteiger partial charge on any atom is -0.311 e. The van der Waals surface area contributed by atoms with Gasteiger partial charge >= 0.3 is 0 Å². The second kappa shape index (κ2) is 9.29. The molecule has 0 fully saturated rings. The van der Waals surface area contributed by atoms with Crippen molar-refractivity contribution in [2.75, 3.05) is 9.80 Å². The number of hydrogen-bond acceptors (Lipinski definition) is 3. The highest BCUT2D eigenvalue weighted by Gasteiger charge is 2.42. The van der Waals surface area contributed by atoms with Crippen molar-refractivity contribution in [1.82, 2.24) is 0 Å². The molecule has 0 bridgehead atoms. The van der Waals surface area contributed by atoms with Crippen molar-refractivity contribution in [2.45, 2.75) is 0 Å². The second-order valence-electron chi connectivity index (χ2n) is 10.5. The lowest BCUT2D eigenvalue weighted by Crippen LogP contribution is -2.61. The van der Waals surface area contributed by atoms with Gasteiger partial charge in [0.15, 0.2) is 0 Å². The van der Waals surface area contributed by atoms with Gasteiger partial charge in [0.05, 0.1) is 11.6 Å². The topological polar surface area (TPSA) is 30.3 Å². The fraction of sp³-hybridized carbons (Fsp3) is 0. The van der Waals surface area contributed by atoms with E-state index in [0.717, 1.165) is 33.9 Å². The van der Waals surface area contributed by atoms with Gasteiger partial charge in [-0.15, -0.1) is 0 Å². The first kappa shape index (κ1) is 23.4. The number of benzene rings is 6. The van der Waals surface area contributed by atoms with Gasteiger partial charge in [-0.05, 0) is 76.5 Å². The molecule has 0 unspecified atom stereocenters. The van der Waals surface area contributed by atoms with Crippen LogP contribution in [0.5, 0.6) is 0 Å². The van der Waals surface area contributed by atoms with Crippen molar-refractivity contribution in [3.63, 3.8) is 0 Å². The van der Waals surface area contributed by atoms with Crippen molar-refractivity contribution in [2.24, 2.45) is 0 Å². The van der Waals surface area contributed by atoms with Crippen LogP contribution in [0.25, 0.3) is 11.1 Å². The largest absolute Gasteiger partial charge is 0.311 e. The summed E-state index contributed by atoms with van der Waals surface area (Å²) >= 11 is 0. The van der Waals surface area contributed by atoms with E-state index in [0.29, 0.717) is 5.56 Å². The molecule has 41 heavy (non-hydrogen) atoms. The van der Waals surface area contributed by atoms with Gasteiger partial charge in [0.25, 0.3) is 6.71 Å². The zero-order valence-corrected chi connectivity index (χ0v) is 22.3. The molecule has 6 aromatic carbocycles. The average molecular weight is 521 g/mol. The number of nitriles is 1. The molecule has 0 aromatic heterocycles. The molecule has 0 aliphatic carbocycles. The van der Waals surface area contributed by atoms with Crippen LogP contribution in [0.3, 0.4) is 0 Å². The predicted molar refractivity (Wildman–Crippen MR) is 171 cm³/mol. The maximum Gasteiger partial charge on any atom is 0.252 e. The molecular weight excluding hydrogens is 497 g/mol. The Morgan fingerprint density at radius 1 is 0.488 bits per heavy atom. The van der Waals surface area contributed by atoms with E-state index in [1.54, 1.807) is 0 Å². The highest BCUT2D eigenvalue weighted by molar-refractivity contribution is 7.00. The molecule has 0 saturated carbocycles. The fourth-order valence-electron chi connectivity index (χ4n) is 6.59. The van der Waals surface area contributed by atoms with Crippen molar-refractivity contribution >= 4 is 57.2 Å². The Kier molecular flexibility index (Phi) is 5.30. The van der Waals surface area contributed by atoms with Gasteiger partial charge in [0.1, 0.15) is 0 Å². The van der Waals surface area contributed by atoms with E-state index in [1.165, 1.54) is 27.8 Å². The van der Waals surface area contributed by atoms with E-state index >= 15 is 0 Å². The first-order valence-corrected chi connectivity index (χ1v) is 13.9. The third-order valence-corrected chi connectivity index (χ3v) is 8.29. The van der Waals surface area contributed by atoms with Crippen LogP contribution in [0.1, 0.15) is 5.56 Å². The Labute approximate surface area is 240 Å². The minimum absolute atomic E-state index is 0.108. The molecule has 0 amide bonds. The van der Waals surface area contributed by atoms with Crippen LogP contribution >= 0.6 is 0 Å². The molecule has 2 aliphatic heterocycles. The highest BCUT2D eigenvalue weighted by atomic mass is 15.2. The molecular formula is C37H24BN3. The zero-order chi connectivity index (χ0) is 27.3. The lowest BCUT2D eigenvalue weighted by atomic mass is 9.33. The number of rotatable bonds is 3. The average Bonchev–Trinajstić information content (AvgIpc) is 3.05. The normalized spacial score (nSPS) is 12.7. The Morgan fingerprint density at radius 2 is 1.02 bits per heavy atom. The maximum absolute atomic E-state index is 9.97. The molecule has 0 saturated heterocycles. The summed E-state index contributed by atoms with van der Waals surface area (Å²) in [5, 5.41) is 9.97. The van der Waals surface area contributed by atoms with Crippen LogP contribution in [0.2, 0.25) is 0 Å². The smallest absolute Gasteiger partial charge is 0.252 e. The first-order chi connectivity index (χ1) is 20.3. The summed E-state index contributed by atoms with van der Waals surface area (Å²) in [6.07, 6.45) is 0. The summed E-state index contributed by atoms with van der Waals surface area (Å²) in [4.78, 5) is 4.76. The molecule has 3 nitrogen and oxygen atoms in total. The standard InChI is InChI=1S/C37H24BN3/c39-25-27-22-23-29(24-30(27)26-12-3-1-4-13-26)41-34-19-10-8-17-32(34)38-31-16-7-9-18-33(31)40(28-14-5-2-6-15-28)35-20-11-21-36(41)37(35)38/h1-24H. The van der Waals surface area contributed by atoms with Crippen LogP contribution in [0.15, 0.2) is 146 Å². The summed E-state index contributed by atoms with van der Waals surface area (Å²) < 4.78 is 0. The van der Waals surface area contributed by atoms with Crippen LogP contribution in [-0.2, 0) is 0 Å². The van der Waals surface area contributed by atoms with Gasteiger partial charge in [0.2, 0.25) is 0 Å². The van der Waals surface area contributed by atoms with E-state index in [4.69, 9.17) is 0 Å². The molecule has 4 heteroatoms. The van der Waals surface area contributed by atoms with E-state index in [1.807, 2.05) is 24.3 Å². The first-order valence-electron chi connectivity index (χ1n) is 13.9. The summed E-state index contributed by atoms with van der Waals surface area (Å²) in [6.45, 7) is 0.108. The summed E-state index contributed by atoms with van der Waals surface area (Å²) in [5.74, 6) is 0. The minimum atomic E-state index is 0.108. The number of para-hydroxylation sites is 3. The molecule has 8 rings (SSSR count). The number of nitrogens with zero attached hydrogens (tertiary/aromatic N) is 3. The highest BCUT2D eigenvalue weighted by Crippen LogP contribution is 2.44. The SMILES string of the molecule is N#Cc1ccc(N2c3ccccc3B3c4ccccc4N(c4ccccc4)c4cccc2c43)cc1-c1ccccc1. The van der Waals surface area contributed by atoms with Crippen molar-refractivity contribution in [1.29, 1.82) is 5.26 Å². The molecule has 0 N–H and O–H groups in total. The molecule has 0 atom stereocenters. The lowest BCUT2D eigenvalue weighted by molar-refractivity contribution is 1.25. The Bertz CT molecular complexity index is 1980. The summed E-state index contributed by atoms with van der Waals surface area (Å²) in [6, 6.07) is 53.6. The maximum atomic E-state index is 9.97. The van der Waals surface area contributed by atoms with Gasteiger partial charge in [-0.25, -0.2) is 0 Å². The van der Waals surface area contributed by atoms with Crippen LogP contribution in [0, 0.1) is 11.3 Å². The van der Waals surface area contributed by atoms with Gasteiger partial charge < -0.3 is 9.80 Å². The molecule has 2 aliphatic rings. The van der Waals surface area contributed by atoms with Crippen molar-refractivity contribution < 1.29 is 0 Å². The van der Waals surface area contributed by atoms with Crippen LogP contribution in [-0.4, -0.2) is 6.71 Å². The van der Waals surface area contributed by atoms with Crippen LogP contribution in [0.4, 0.5) is 34.1 Å². The third kappa shape index (κ3) is 3.53. The Morgan fingerprint density at radius 3 is 1.66 bits per heavy atom. The molecule has 2 heterocycles. The third-order valence-electron chi connectivity index (χ3n) is 8.29. The number of anilines is 6. The monoisotopic (exact) mass is 521 g/mol. The van der Waals surface area contributed by atoms with Crippen molar-refractivity contribution in [3.05, 3.63) is 151 Å². The van der Waals surface area contributed by atoms with Gasteiger partial charge in [0, 0.05) is 39.7 Å². The van der Waals surface area contributed by atoms with Gasteiger partial charge in [-0.1, -0.05) is 91.0 Å². The molecule has 0 spiro atoms. The molecule has 0 radical (unpaired) electrons. The fourth-order valence-corrected chi connectivity index (χ4v) is 6.59. The van der Waals surface area contributed by atoms with Gasteiger partial charge in [-0.2, -0.15) is 5.26 Å². The second-order valence-corrected chi connectivity index (χ2v) is 10.5. The van der Waals surface area contributed by atoms with E-state index in [-0.39, 0.29) is 6.71 Å². The van der Waals surface area contributed by atoms with E-state index < -0.39 is 0 Å². The van der Waals surface area contributed by atoms with Crippen molar-refractivity contribution in [3.8, 4) is 17.2 Å². The van der Waals surface area contributed by atoms with E-state index in [2.05, 4.69) is 137 Å². The van der Waals surface area contributed by atoms with E-state index in [9.17, 15) is 5.26 Å². The lowest BCUT2D eigenvalue weighted by Gasteiger charge is -2.44. The Balaban J connectivity index is 1.41. The summed E-state index contributed by atoms with van der Waals surface area (Å²) in [5.41, 5.74) is 13.4. The Hall–Kier alpha value is -5.53. The van der Waals surface area contributed by atoms with Gasteiger partial charge in [-0.3, -0.25) is 0 Å². The number of fused-ring (bicyclic) bond motifs is 4.